The van der Waals surface area contributed by atoms with Crippen LogP contribution in [0.5, 0.6) is 5.75 Å². The zero-order valence-corrected chi connectivity index (χ0v) is 16.9. The van der Waals surface area contributed by atoms with Gasteiger partial charge in [-0.1, -0.05) is 6.07 Å². The zero-order chi connectivity index (χ0) is 21.1. The standard InChI is InChI=1S/C21H19FN4O3S/c22-17-3-14(1-2-18(17)29-10-12-6-27-7-12)19-15(4-23)20(25)26-21(16(19)5-24)30-11-13-8-28-9-13/h1-3,12-13H,6-11H2,(H2,25,26). The number of hydrogen-bond donors (Lipinski definition) is 1. The van der Waals surface area contributed by atoms with Crippen molar-refractivity contribution < 1.29 is 18.6 Å². The summed E-state index contributed by atoms with van der Waals surface area (Å²) in [6.45, 7) is 2.94. The van der Waals surface area contributed by atoms with E-state index in [2.05, 4.69) is 11.1 Å². The second-order valence-corrected chi connectivity index (χ2v) is 8.23. The molecule has 1 aromatic carbocycles. The monoisotopic (exact) mass is 426 g/mol. The van der Waals surface area contributed by atoms with Crippen LogP contribution < -0.4 is 10.5 Å². The van der Waals surface area contributed by atoms with Gasteiger partial charge < -0.3 is 19.9 Å². The molecular weight excluding hydrogens is 407 g/mol. The fraction of sp³-hybridized carbons (Fsp3) is 0.381. The molecule has 2 fully saturated rings. The molecule has 0 bridgehead atoms. The quantitative estimate of drug-likeness (QED) is 0.672. The van der Waals surface area contributed by atoms with Gasteiger partial charge in [-0.05, 0) is 17.7 Å². The van der Waals surface area contributed by atoms with Crippen LogP contribution in [-0.2, 0) is 9.47 Å². The minimum atomic E-state index is -0.572. The molecule has 0 radical (unpaired) electrons. The Labute approximate surface area is 177 Å². The largest absolute Gasteiger partial charge is 0.490 e. The van der Waals surface area contributed by atoms with E-state index in [1.54, 1.807) is 6.07 Å². The van der Waals surface area contributed by atoms with Gasteiger partial charge in [-0.3, -0.25) is 0 Å². The van der Waals surface area contributed by atoms with Gasteiger partial charge in [0.15, 0.2) is 11.6 Å². The van der Waals surface area contributed by atoms with E-state index < -0.39 is 5.82 Å². The summed E-state index contributed by atoms with van der Waals surface area (Å²) in [7, 11) is 0. The van der Waals surface area contributed by atoms with E-state index in [0.717, 1.165) is 5.75 Å². The molecule has 1 aromatic heterocycles. The maximum atomic E-state index is 14.7. The highest BCUT2D eigenvalue weighted by Crippen LogP contribution is 2.37. The number of thioether (sulfide) groups is 1. The maximum Gasteiger partial charge on any atom is 0.165 e. The Kier molecular flexibility index (Phi) is 6.05. The van der Waals surface area contributed by atoms with Gasteiger partial charge in [0.25, 0.3) is 0 Å². The Balaban J connectivity index is 1.67. The van der Waals surface area contributed by atoms with Crippen molar-refractivity contribution in [2.24, 2.45) is 11.8 Å². The Morgan fingerprint density at radius 2 is 1.83 bits per heavy atom. The van der Waals surface area contributed by atoms with Gasteiger partial charge in [0.1, 0.15) is 28.5 Å². The van der Waals surface area contributed by atoms with Gasteiger partial charge in [-0.15, -0.1) is 11.8 Å². The molecule has 0 amide bonds. The van der Waals surface area contributed by atoms with E-state index in [4.69, 9.17) is 19.9 Å². The van der Waals surface area contributed by atoms with Crippen molar-refractivity contribution in [3.8, 4) is 29.0 Å². The van der Waals surface area contributed by atoms with E-state index in [-0.39, 0.29) is 34.2 Å². The summed E-state index contributed by atoms with van der Waals surface area (Å²) in [6, 6.07) is 8.52. The first-order chi connectivity index (χ1) is 14.6. The molecule has 0 aliphatic carbocycles. The van der Waals surface area contributed by atoms with Crippen LogP contribution in [0.3, 0.4) is 0 Å². The lowest BCUT2D eigenvalue weighted by atomic mass is 9.96. The normalized spacial score (nSPS) is 16.2. The van der Waals surface area contributed by atoms with Crippen molar-refractivity contribution in [3.63, 3.8) is 0 Å². The number of nitrogens with two attached hydrogens (primary N) is 1. The van der Waals surface area contributed by atoms with Crippen LogP contribution >= 0.6 is 11.8 Å². The Morgan fingerprint density at radius 1 is 1.13 bits per heavy atom. The molecule has 2 saturated heterocycles. The van der Waals surface area contributed by atoms with E-state index in [1.807, 2.05) is 6.07 Å². The predicted molar refractivity (Wildman–Crippen MR) is 108 cm³/mol. The Bertz CT molecular complexity index is 1040. The summed E-state index contributed by atoms with van der Waals surface area (Å²) < 4.78 is 30.5. The highest BCUT2D eigenvalue weighted by Gasteiger charge is 2.25. The lowest BCUT2D eigenvalue weighted by Gasteiger charge is -2.26. The molecule has 3 heterocycles. The Hall–Kier alpha value is -2.85. The first-order valence-electron chi connectivity index (χ1n) is 9.45. The van der Waals surface area contributed by atoms with Gasteiger partial charge in [-0.25, -0.2) is 9.37 Å². The minimum absolute atomic E-state index is 0.0181. The molecule has 4 rings (SSSR count). The first-order valence-corrected chi connectivity index (χ1v) is 10.4. The highest BCUT2D eigenvalue weighted by molar-refractivity contribution is 7.99. The van der Waals surface area contributed by atoms with Gasteiger partial charge in [0, 0.05) is 23.2 Å². The smallest absolute Gasteiger partial charge is 0.165 e. The third-order valence-electron chi connectivity index (χ3n) is 4.98. The molecule has 2 aliphatic rings. The molecule has 9 heteroatoms. The van der Waals surface area contributed by atoms with Crippen molar-refractivity contribution >= 4 is 17.6 Å². The van der Waals surface area contributed by atoms with Crippen molar-refractivity contribution in [3.05, 3.63) is 35.1 Å². The fourth-order valence-corrected chi connectivity index (χ4v) is 4.17. The number of benzene rings is 1. The van der Waals surface area contributed by atoms with E-state index in [0.29, 0.717) is 49.5 Å². The second kappa shape index (κ2) is 8.88. The lowest BCUT2D eigenvalue weighted by molar-refractivity contribution is -0.0512. The molecule has 2 aliphatic heterocycles. The summed E-state index contributed by atoms with van der Waals surface area (Å²) in [5, 5.41) is 19.8. The lowest BCUT2D eigenvalue weighted by Crippen LogP contribution is -2.32. The van der Waals surface area contributed by atoms with E-state index >= 15 is 0 Å². The van der Waals surface area contributed by atoms with Crippen LogP contribution in [0.1, 0.15) is 11.1 Å². The molecule has 0 saturated carbocycles. The summed E-state index contributed by atoms with van der Waals surface area (Å²) in [6.07, 6.45) is 0. The summed E-state index contributed by atoms with van der Waals surface area (Å²) >= 11 is 1.39. The molecule has 2 aromatic rings. The highest BCUT2D eigenvalue weighted by atomic mass is 32.2. The van der Waals surface area contributed by atoms with Crippen molar-refractivity contribution in [1.29, 1.82) is 10.5 Å². The second-order valence-electron chi connectivity index (χ2n) is 7.22. The van der Waals surface area contributed by atoms with Crippen LogP contribution in [-0.4, -0.2) is 43.8 Å². The number of aromatic nitrogens is 1. The number of rotatable bonds is 7. The van der Waals surface area contributed by atoms with E-state index in [9.17, 15) is 14.9 Å². The molecule has 7 nitrogen and oxygen atoms in total. The number of halogens is 1. The van der Waals surface area contributed by atoms with Crippen molar-refractivity contribution in [2.75, 3.05) is 44.5 Å². The number of nitriles is 2. The van der Waals surface area contributed by atoms with Gasteiger partial charge in [-0.2, -0.15) is 10.5 Å². The summed E-state index contributed by atoms with van der Waals surface area (Å²) in [5.74, 6) is 0.933. The Morgan fingerprint density at radius 3 is 2.40 bits per heavy atom. The topological polar surface area (TPSA) is 114 Å². The van der Waals surface area contributed by atoms with E-state index in [1.165, 1.54) is 23.9 Å². The predicted octanol–water partition coefficient (Wildman–Crippen LogP) is 2.98. The molecule has 0 unspecified atom stereocenters. The average molecular weight is 426 g/mol. The molecule has 0 spiro atoms. The third kappa shape index (κ3) is 4.05. The first kappa shape index (κ1) is 20.4. The van der Waals surface area contributed by atoms with Gasteiger partial charge >= 0.3 is 0 Å². The molecule has 0 atom stereocenters. The van der Waals surface area contributed by atoms with Crippen LogP contribution in [0.25, 0.3) is 11.1 Å². The van der Waals surface area contributed by atoms with Crippen LogP contribution in [0.2, 0.25) is 0 Å². The number of anilines is 1. The van der Waals surface area contributed by atoms with Crippen molar-refractivity contribution in [2.45, 2.75) is 5.03 Å². The van der Waals surface area contributed by atoms with Gasteiger partial charge in [0.05, 0.1) is 38.6 Å². The number of hydrogen-bond acceptors (Lipinski definition) is 8. The number of ether oxygens (including phenoxy) is 3. The fourth-order valence-electron chi connectivity index (χ4n) is 3.13. The molecule has 154 valence electrons. The number of nitrogen functional groups attached to an aromatic ring is 1. The van der Waals surface area contributed by atoms with Crippen LogP contribution in [0.15, 0.2) is 23.2 Å². The minimum Gasteiger partial charge on any atom is -0.490 e. The number of pyridine rings is 1. The molecule has 30 heavy (non-hydrogen) atoms. The summed E-state index contributed by atoms with van der Waals surface area (Å²) in [4.78, 5) is 4.26. The number of nitrogens with zero attached hydrogens (tertiary/aromatic N) is 3. The van der Waals surface area contributed by atoms with Crippen LogP contribution in [0, 0.1) is 40.3 Å². The van der Waals surface area contributed by atoms with Gasteiger partial charge in [0.2, 0.25) is 0 Å². The van der Waals surface area contributed by atoms with Crippen LogP contribution in [0.4, 0.5) is 10.2 Å². The third-order valence-corrected chi connectivity index (χ3v) is 6.19. The molecule has 2 N–H and O–H groups in total. The average Bonchev–Trinajstić information content (AvgIpc) is 2.66. The SMILES string of the molecule is N#Cc1c(N)nc(SCC2COC2)c(C#N)c1-c1ccc(OCC2COC2)c(F)c1. The maximum absolute atomic E-state index is 14.7. The van der Waals surface area contributed by atoms with Crippen molar-refractivity contribution in [1.82, 2.24) is 4.98 Å². The molecular formula is C21H19FN4O3S. The summed E-state index contributed by atoms with van der Waals surface area (Å²) in [5.41, 5.74) is 6.94. The zero-order valence-electron chi connectivity index (χ0n) is 16.1.